The van der Waals surface area contributed by atoms with Crippen LogP contribution in [0.25, 0.3) is 0 Å². The van der Waals surface area contributed by atoms with Gasteiger partial charge in [0.2, 0.25) is 5.91 Å². The molecule has 0 spiro atoms. The molecule has 1 aliphatic heterocycles. The fourth-order valence-corrected chi connectivity index (χ4v) is 3.14. The summed E-state index contributed by atoms with van der Waals surface area (Å²) < 4.78 is 1.93. The average molecular weight is 293 g/mol. The number of carbonyl (C=O) groups excluding carboxylic acids is 1. The number of carbonyl (C=O) groups is 1. The highest BCUT2D eigenvalue weighted by Gasteiger charge is 2.32. The number of aromatic nitrogens is 2. The van der Waals surface area contributed by atoms with E-state index in [2.05, 4.69) is 29.2 Å². The smallest absolute Gasteiger partial charge is 0.222 e. The first-order valence-electron chi connectivity index (χ1n) is 7.74. The Hall–Kier alpha value is -1.56. The van der Waals surface area contributed by atoms with Gasteiger partial charge in [-0.05, 0) is 33.2 Å². The van der Waals surface area contributed by atoms with E-state index >= 15 is 0 Å². The van der Waals surface area contributed by atoms with Gasteiger partial charge in [0.25, 0.3) is 0 Å². The molecule has 0 aliphatic carbocycles. The van der Waals surface area contributed by atoms with Gasteiger partial charge in [-0.2, -0.15) is 5.10 Å². The fourth-order valence-electron chi connectivity index (χ4n) is 3.14. The molecule has 21 heavy (non-hydrogen) atoms. The van der Waals surface area contributed by atoms with E-state index in [4.69, 9.17) is 5.73 Å². The van der Waals surface area contributed by atoms with Crippen LogP contribution in [-0.2, 0) is 18.4 Å². The quantitative estimate of drug-likeness (QED) is 0.847. The Labute approximate surface area is 126 Å². The molecule has 3 N–H and O–H groups in total. The topological polar surface area (TPSA) is 76.2 Å². The lowest BCUT2D eigenvalue weighted by atomic mass is 9.92. The molecule has 2 rings (SSSR count). The Bertz CT molecular complexity index is 510. The van der Waals surface area contributed by atoms with Crippen LogP contribution in [0.2, 0.25) is 0 Å². The van der Waals surface area contributed by atoms with Crippen LogP contribution in [0, 0.1) is 12.8 Å². The van der Waals surface area contributed by atoms with E-state index in [-0.39, 0.29) is 11.8 Å². The molecule has 1 aromatic heterocycles. The third kappa shape index (κ3) is 3.20. The summed E-state index contributed by atoms with van der Waals surface area (Å²) in [5.74, 6) is 0.856. The lowest BCUT2D eigenvalue weighted by Gasteiger charge is -2.39. The molecule has 0 saturated carbocycles. The molecular formula is C15H27N5O. The zero-order chi connectivity index (χ0) is 15.6. The molecule has 1 saturated heterocycles. The standard InChI is InChI=1S/C15H27N5O/c1-5-17-8-13-11(3)18-19(4)15(13)20-9-12(14(16)21)7-6-10(20)2/h10,12,17H,5-9H2,1-4H3,(H2,16,21). The lowest BCUT2D eigenvalue weighted by Crippen LogP contribution is -2.47. The van der Waals surface area contributed by atoms with E-state index in [1.165, 1.54) is 5.56 Å². The van der Waals surface area contributed by atoms with Crippen LogP contribution in [0.1, 0.15) is 37.9 Å². The van der Waals surface area contributed by atoms with E-state index in [1.54, 1.807) is 0 Å². The number of amides is 1. The predicted octanol–water partition coefficient (Wildman–Crippen LogP) is 0.928. The van der Waals surface area contributed by atoms with Gasteiger partial charge in [0.1, 0.15) is 5.82 Å². The Morgan fingerprint density at radius 2 is 2.19 bits per heavy atom. The molecule has 6 heteroatoms. The van der Waals surface area contributed by atoms with Crippen LogP contribution >= 0.6 is 0 Å². The summed E-state index contributed by atoms with van der Waals surface area (Å²) >= 11 is 0. The minimum Gasteiger partial charge on any atom is -0.369 e. The third-order valence-corrected chi connectivity index (χ3v) is 4.42. The first-order chi connectivity index (χ1) is 9.95. The van der Waals surface area contributed by atoms with E-state index in [1.807, 2.05) is 18.7 Å². The highest BCUT2D eigenvalue weighted by atomic mass is 16.1. The van der Waals surface area contributed by atoms with Crippen LogP contribution in [0.15, 0.2) is 0 Å². The largest absolute Gasteiger partial charge is 0.369 e. The van der Waals surface area contributed by atoms with Crippen LogP contribution in [0.3, 0.4) is 0 Å². The number of nitrogens with zero attached hydrogens (tertiary/aromatic N) is 3. The van der Waals surface area contributed by atoms with E-state index in [9.17, 15) is 4.79 Å². The maximum absolute atomic E-state index is 11.5. The number of anilines is 1. The number of hydrogen-bond donors (Lipinski definition) is 2. The number of nitrogens with two attached hydrogens (primary N) is 1. The fraction of sp³-hybridized carbons (Fsp3) is 0.733. The summed E-state index contributed by atoms with van der Waals surface area (Å²) in [6.07, 6.45) is 1.87. The molecule has 1 aromatic rings. The SMILES string of the molecule is CCNCc1c(C)nn(C)c1N1CC(C(N)=O)CCC1C. The van der Waals surface area contributed by atoms with Crippen molar-refractivity contribution in [1.29, 1.82) is 0 Å². The summed E-state index contributed by atoms with van der Waals surface area (Å²) in [5.41, 5.74) is 7.78. The summed E-state index contributed by atoms with van der Waals surface area (Å²) in [6.45, 7) is 8.75. The minimum absolute atomic E-state index is 0.0663. The van der Waals surface area contributed by atoms with Gasteiger partial charge in [0.15, 0.2) is 0 Å². The van der Waals surface area contributed by atoms with Crippen LogP contribution < -0.4 is 16.0 Å². The number of hydrogen-bond acceptors (Lipinski definition) is 4. The van der Waals surface area contributed by atoms with Crippen molar-refractivity contribution in [3.05, 3.63) is 11.3 Å². The third-order valence-electron chi connectivity index (χ3n) is 4.42. The molecule has 0 bridgehead atoms. The van der Waals surface area contributed by atoms with Gasteiger partial charge in [0, 0.05) is 31.7 Å². The normalized spacial score (nSPS) is 22.6. The van der Waals surface area contributed by atoms with Crippen molar-refractivity contribution in [2.24, 2.45) is 18.7 Å². The van der Waals surface area contributed by atoms with Crippen molar-refractivity contribution in [2.45, 2.75) is 46.2 Å². The van der Waals surface area contributed by atoms with Gasteiger partial charge in [-0.25, -0.2) is 0 Å². The Morgan fingerprint density at radius 3 is 2.81 bits per heavy atom. The van der Waals surface area contributed by atoms with E-state index < -0.39 is 0 Å². The molecular weight excluding hydrogens is 266 g/mol. The molecule has 2 unspecified atom stereocenters. The maximum atomic E-state index is 11.5. The second kappa shape index (κ2) is 6.47. The van der Waals surface area contributed by atoms with E-state index in [0.717, 1.165) is 37.4 Å². The number of piperidine rings is 1. The van der Waals surface area contributed by atoms with Gasteiger partial charge in [-0.15, -0.1) is 0 Å². The molecule has 1 amide bonds. The van der Waals surface area contributed by atoms with E-state index in [0.29, 0.717) is 12.6 Å². The first kappa shape index (κ1) is 15.8. The van der Waals surface area contributed by atoms with Crippen molar-refractivity contribution in [2.75, 3.05) is 18.0 Å². The number of aryl methyl sites for hydroxylation is 2. The summed E-state index contributed by atoms with van der Waals surface area (Å²) in [4.78, 5) is 13.8. The summed E-state index contributed by atoms with van der Waals surface area (Å²) in [6, 6.07) is 0.399. The van der Waals surface area contributed by atoms with Gasteiger partial charge < -0.3 is 16.0 Å². The van der Waals surface area contributed by atoms with Gasteiger partial charge in [-0.3, -0.25) is 9.48 Å². The minimum atomic E-state index is -0.195. The molecule has 0 radical (unpaired) electrons. The molecule has 118 valence electrons. The maximum Gasteiger partial charge on any atom is 0.222 e. The highest BCUT2D eigenvalue weighted by Crippen LogP contribution is 2.31. The molecule has 1 fully saturated rings. The first-order valence-corrected chi connectivity index (χ1v) is 7.74. The monoisotopic (exact) mass is 293 g/mol. The number of primary amides is 1. The Morgan fingerprint density at radius 1 is 1.48 bits per heavy atom. The number of rotatable bonds is 5. The summed E-state index contributed by atoms with van der Waals surface area (Å²) in [5, 5.41) is 7.94. The second-order valence-electron chi connectivity index (χ2n) is 5.97. The number of nitrogens with one attached hydrogen (secondary N) is 1. The van der Waals surface area contributed by atoms with Crippen molar-refractivity contribution >= 4 is 11.7 Å². The second-order valence-corrected chi connectivity index (χ2v) is 5.97. The molecule has 2 heterocycles. The molecule has 1 aliphatic rings. The average Bonchev–Trinajstić information content (AvgIpc) is 2.71. The van der Waals surface area contributed by atoms with Gasteiger partial charge in [0.05, 0.1) is 11.6 Å². The van der Waals surface area contributed by atoms with Crippen molar-refractivity contribution in [1.82, 2.24) is 15.1 Å². The highest BCUT2D eigenvalue weighted by molar-refractivity contribution is 5.77. The van der Waals surface area contributed by atoms with Crippen LogP contribution in [-0.4, -0.2) is 34.8 Å². The predicted molar refractivity (Wildman–Crippen MR) is 84.1 cm³/mol. The molecule has 2 atom stereocenters. The van der Waals surface area contributed by atoms with Crippen LogP contribution in [0.4, 0.5) is 5.82 Å². The van der Waals surface area contributed by atoms with Crippen molar-refractivity contribution < 1.29 is 4.79 Å². The van der Waals surface area contributed by atoms with Crippen molar-refractivity contribution in [3.63, 3.8) is 0 Å². The van der Waals surface area contributed by atoms with Crippen molar-refractivity contribution in [3.8, 4) is 0 Å². The lowest BCUT2D eigenvalue weighted by molar-refractivity contribution is -0.122. The molecule has 0 aromatic carbocycles. The van der Waals surface area contributed by atoms with Crippen LogP contribution in [0.5, 0.6) is 0 Å². The zero-order valence-electron chi connectivity index (χ0n) is 13.5. The molecule has 6 nitrogen and oxygen atoms in total. The Balaban J connectivity index is 2.32. The van der Waals surface area contributed by atoms with Gasteiger partial charge in [-0.1, -0.05) is 6.92 Å². The zero-order valence-corrected chi connectivity index (χ0v) is 13.5. The summed E-state index contributed by atoms with van der Waals surface area (Å²) in [7, 11) is 1.97. The Kier molecular flexibility index (Phi) is 4.88. The van der Waals surface area contributed by atoms with Gasteiger partial charge >= 0.3 is 0 Å².